The van der Waals surface area contributed by atoms with Crippen LogP contribution in [0, 0.1) is 11.6 Å². The van der Waals surface area contributed by atoms with Gasteiger partial charge >= 0.3 is 0 Å². The highest BCUT2D eigenvalue weighted by Gasteiger charge is 2.13. The van der Waals surface area contributed by atoms with Gasteiger partial charge in [-0.15, -0.1) is 0 Å². The molecule has 2 rings (SSSR count). The van der Waals surface area contributed by atoms with E-state index in [-0.39, 0.29) is 11.6 Å². The van der Waals surface area contributed by atoms with Crippen LogP contribution in [0.3, 0.4) is 0 Å². The monoisotopic (exact) mass is 251 g/mol. The van der Waals surface area contributed by atoms with Gasteiger partial charge in [0.15, 0.2) is 0 Å². The zero-order valence-electron chi connectivity index (χ0n) is 10.3. The number of benzene rings is 1. The molecule has 0 fully saturated rings. The van der Waals surface area contributed by atoms with Crippen molar-refractivity contribution in [1.82, 2.24) is 5.32 Å². The van der Waals surface area contributed by atoms with Crippen molar-refractivity contribution < 1.29 is 13.2 Å². The lowest BCUT2D eigenvalue weighted by molar-refractivity contribution is 0.443. The highest BCUT2D eigenvalue weighted by atomic mass is 19.1. The van der Waals surface area contributed by atoms with E-state index in [2.05, 4.69) is 5.32 Å². The molecule has 0 aliphatic rings. The van der Waals surface area contributed by atoms with E-state index in [1.165, 1.54) is 12.1 Å². The lowest BCUT2D eigenvalue weighted by Gasteiger charge is -2.08. The van der Waals surface area contributed by atoms with E-state index >= 15 is 0 Å². The fourth-order valence-corrected chi connectivity index (χ4v) is 1.83. The van der Waals surface area contributed by atoms with Crippen molar-refractivity contribution in [3.8, 4) is 11.3 Å². The van der Waals surface area contributed by atoms with Crippen LogP contribution in [0.5, 0.6) is 0 Å². The summed E-state index contributed by atoms with van der Waals surface area (Å²) in [5.74, 6) is -0.0705. The summed E-state index contributed by atoms with van der Waals surface area (Å²) in [7, 11) is 0. The Labute approximate surface area is 105 Å². The molecule has 0 saturated carbocycles. The molecule has 1 heterocycles. The lowest BCUT2D eigenvalue weighted by atomic mass is 10.1. The Morgan fingerprint density at radius 2 is 2.00 bits per heavy atom. The maximum absolute atomic E-state index is 13.6. The minimum Gasteiger partial charge on any atom is -0.459 e. The van der Waals surface area contributed by atoms with Crippen LogP contribution in [-0.4, -0.2) is 6.54 Å². The first-order chi connectivity index (χ1) is 8.61. The molecule has 0 aliphatic heterocycles. The van der Waals surface area contributed by atoms with Gasteiger partial charge in [-0.3, -0.25) is 0 Å². The van der Waals surface area contributed by atoms with Crippen molar-refractivity contribution in [3.63, 3.8) is 0 Å². The molecule has 0 amide bonds. The van der Waals surface area contributed by atoms with E-state index in [9.17, 15) is 8.78 Å². The number of hydrogen-bond donors (Lipinski definition) is 1. The summed E-state index contributed by atoms with van der Waals surface area (Å²) in [6.45, 7) is 4.79. The number of nitrogens with one attached hydrogen (secondary N) is 1. The fourth-order valence-electron chi connectivity index (χ4n) is 1.83. The molecular formula is C14H15F2NO. The van der Waals surface area contributed by atoms with Crippen molar-refractivity contribution in [2.24, 2.45) is 0 Å². The van der Waals surface area contributed by atoms with Crippen LogP contribution < -0.4 is 5.32 Å². The zero-order chi connectivity index (χ0) is 13.1. The van der Waals surface area contributed by atoms with Crippen molar-refractivity contribution in [1.29, 1.82) is 0 Å². The summed E-state index contributed by atoms with van der Waals surface area (Å²) in [4.78, 5) is 0. The topological polar surface area (TPSA) is 25.2 Å². The van der Waals surface area contributed by atoms with Gasteiger partial charge < -0.3 is 9.73 Å². The molecule has 1 N–H and O–H groups in total. The first-order valence-electron chi connectivity index (χ1n) is 5.90. The third-order valence-corrected chi connectivity index (χ3v) is 2.76. The standard InChI is InChI=1S/C14H15F2NO/c1-3-17-9(2)13-6-7-14(18-13)11-5-4-10(15)8-12(11)16/h4-9,17H,3H2,1-2H3. The summed E-state index contributed by atoms with van der Waals surface area (Å²) in [5.41, 5.74) is 0.270. The average molecular weight is 251 g/mol. The van der Waals surface area contributed by atoms with Gasteiger partial charge in [-0.25, -0.2) is 8.78 Å². The third-order valence-electron chi connectivity index (χ3n) is 2.76. The molecule has 2 nitrogen and oxygen atoms in total. The number of furan rings is 1. The minimum absolute atomic E-state index is 0.0623. The highest BCUT2D eigenvalue weighted by molar-refractivity contribution is 5.58. The molecular weight excluding hydrogens is 236 g/mol. The molecule has 0 bridgehead atoms. The smallest absolute Gasteiger partial charge is 0.137 e. The molecule has 18 heavy (non-hydrogen) atoms. The molecule has 1 atom stereocenters. The second kappa shape index (κ2) is 5.31. The summed E-state index contributed by atoms with van der Waals surface area (Å²) in [5, 5.41) is 3.20. The number of halogens is 2. The summed E-state index contributed by atoms with van der Waals surface area (Å²) in [6, 6.07) is 7.00. The quantitative estimate of drug-likeness (QED) is 0.891. The van der Waals surface area contributed by atoms with E-state index in [1.807, 2.05) is 13.8 Å². The second-order valence-corrected chi connectivity index (χ2v) is 4.11. The second-order valence-electron chi connectivity index (χ2n) is 4.11. The van der Waals surface area contributed by atoms with Gasteiger partial charge in [0.25, 0.3) is 0 Å². The highest BCUT2D eigenvalue weighted by Crippen LogP contribution is 2.27. The van der Waals surface area contributed by atoms with Gasteiger partial charge in [0.1, 0.15) is 23.2 Å². The Hall–Kier alpha value is -1.68. The predicted molar refractivity (Wildman–Crippen MR) is 66.2 cm³/mol. The summed E-state index contributed by atoms with van der Waals surface area (Å²) >= 11 is 0. The van der Waals surface area contributed by atoms with Crippen molar-refractivity contribution >= 4 is 0 Å². The molecule has 4 heteroatoms. The number of rotatable bonds is 4. The van der Waals surface area contributed by atoms with E-state index in [0.29, 0.717) is 5.76 Å². The molecule has 96 valence electrons. The first kappa shape index (κ1) is 12.8. The molecule has 0 radical (unpaired) electrons. The molecule has 0 spiro atoms. The Balaban J connectivity index is 2.29. The predicted octanol–water partition coefficient (Wildman–Crippen LogP) is 3.90. The van der Waals surface area contributed by atoms with Gasteiger partial charge in [-0.05, 0) is 37.7 Å². The summed E-state index contributed by atoms with van der Waals surface area (Å²) in [6.07, 6.45) is 0. The van der Waals surface area contributed by atoms with E-state index in [0.717, 1.165) is 18.4 Å². The van der Waals surface area contributed by atoms with Crippen LogP contribution in [0.2, 0.25) is 0 Å². The molecule has 1 aromatic heterocycles. The minimum atomic E-state index is -0.619. The van der Waals surface area contributed by atoms with Gasteiger partial charge in [0.2, 0.25) is 0 Å². The maximum atomic E-state index is 13.6. The van der Waals surface area contributed by atoms with Crippen molar-refractivity contribution in [2.45, 2.75) is 19.9 Å². The SMILES string of the molecule is CCNC(C)c1ccc(-c2ccc(F)cc2F)o1. The molecule has 1 unspecified atom stereocenters. The molecule has 0 aliphatic carbocycles. The first-order valence-corrected chi connectivity index (χ1v) is 5.90. The van der Waals surface area contributed by atoms with Crippen LogP contribution in [0.15, 0.2) is 34.7 Å². The fraction of sp³-hybridized carbons (Fsp3) is 0.286. The van der Waals surface area contributed by atoms with Crippen LogP contribution in [-0.2, 0) is 0 Å². The van der Waals surface area contributed by atoms with Gasteiger partial charge in [0, 0.05) is 6.07 Å². The zero-order valence-corrected chi connectivity index (χ0v) is 10.3. The van der Waals surface area contributed by atoms with Crippen LogP contribution in [0.4, 0.5) is 8.78 Å². The maximum Gasteiger partial charge on any atom is 0.137 e. The molecule has 1 aromatic carbocycles. The Kier molecular flexibility index (Phi) is 3.77. The van der Waals surface area contributed by atoms with Gasteiger partial charge in [0.05, 0.1) is 11.6 Å². The third kappa shape index (κ3) is 2.59. The molecule has 0 saturated heterocycles. The lowest BCUT2D eigenvalue weighted by Crippen LogP contribution is -2.16. The molecule has 2 aromatic rings. The largest absolute Gasteiger partial charge is 0.459 e. The van der Waals surface area contributed by atoms with Crippen molar-refractivity contribution in [2.75, 3.05) is 6.54 Å². The van der Waals surface area contributed by atoms with Crippen molar-refractivity contribution in [3.05, 3.63) is 47.7 Å². The average Bonchev–Trinajstić information content (AvgIpc) is 2.78. The van der Waals surface area contributed by atoms with Gasteiger partial charge in [-0.2, -0.15) is 0 Å². The van der Waals surface area contributed by atoms with Gasteiger partial charge in [-0.1, -0.05) is 6.92 Å². The normalized spacial score (nSPS) is 12.7. The Morgan fingerprint density at radius 3 is 2.67 bits per heavy atom. The number of hydrogen-bond acceptors (Lipinski definition) is 2. The van der Waals surface area contributed by atoms with Crippen LogP contribution in [0.1, 0.15) is 25.6 Å². The van der Waals surface area contributed by atoms with E-state index in [1.54, 1.807) is 12.1 Å². The van der Waals surface area contributed by atoms with E-state index in [4.69, 9.17) is 4.42 Å². The Bertz CT molecular complexity index is 536. The summed E-state index contributed by atoms with van der Waals surface area (Å²) < 4.78 is 32.0. The van der Waals surface area contributed by atoms with E-state index < -0.39 is 11.6 Å². The van der Waals surface area contributed by atoms with Crippen LogP contribution in [0.25, 0.3) is 11.3 Å². The Morgan fingerprint density at radius 1 is 1.22 bits per heavy atom. The van der Waals surface area contributed by atoms with Crippen LogP contribution >= 0.6 is 0 Å².